The van der Waals surface area contributed by atoms with Crippen molar-refractivity contribution < 1.29 is 4.79 Å². The zero-order valence-electron chi connectivity index (χ0n) is 9.75. The minimum absolute atomic E-state index is 0.180. The molecule has 0 saturated carbocycles. The van der Waals surface area contributed by atoms with E-state index in [0.29, 0.717) is 0 Å². The highest BCUT2D eigenvalue weighted by Crippen LogP contribution is 2.31. The van der Waals surface area contributed by atoms with Crippen molar-refractivity contribution >= 4 is 5.91 Å². The van der Waals surface area contributed by atoms with E-state index in [-0.39, 0.29) is 11.4 Å². The zero-order chi connectivity index (χ0) is 10.9. The first-order valence-electron chi connectivity index (χ1n) is 5.98. The molecule has 1 amide bonds. The van der Waals surface area contributed by atoms with E-state index in [2.05, 4.69) is 29.0 Å². The largest absolute Gasteiger partial charge is 0.342 e. The fourth-order valence-electron chi connectivity index (χ4n) is 2.82. The molecule has 2 aliphatic heterocycles. The Hall–Kier alpha value is -0.610. The van der Waals surface area contributed by atoms with Gasteiger partial charge in [0, 0.05) is 13.1 Å². The molecule has 4 heteroatoms. The number of piperidine rings is 1. The highest BCUT2D eigenvalue weighted by Gasteiger charge is 2.49. The predicted molar refractivity (Wildman–Crippen MR) is 59.5 cm³/mol. The number of nitrogens with one attached hydrogen (secondary N) is 1. The third-order valence-electron chi connectivity index (χ3n) is 3.97. The van der Waals surface area contributed by atoms with Crippen LogP contribution < -0.4 is 5.32 Å². The molecule has 1 spiro atoms. The van der Waals surface area contributed by atoms with Crippen molar-refractivity contribution in [3.05, 3.63) is 0 Å². The molecular formula is C11H21N3O. The van der Waals surface area contributed by atoms with Crippen LogP contribution in [-0.2, 0) is 4.79 Å². The van der Waals surface area contributed by atoms with Crippen LogP contribution in [0.15, 0.2) is 0 Å². The second-order valence-electron chi connectivity index (χ2n) is 4.49. The molecule has 0 aliphatic carbocycles. The van der Waals surface area contributed by atoms with Gasteiger partial charge in [-0.15, -0.1) is 0 Å². The SMILES string of the molecule is CCN1CCC2(CC1)C(=O)NCN2CC. The Kier molecular flexibility index (Phi) is 2.98. The van der Waals surface area contributed by atoms with Gasteiger partial charge in [0.1, 0.15) is 5.54 Å². The molecule has 2 fully saturated rings. The Morgan fingerprint density at radius 2 is 1.93 bits per heavy atom. The maximum absolute atomic E-state index is 11.9. The van der Waals surface area contributed by atoms with Crippen LogP contribution >= 0.6 is 0 Å². The van der Waals surface area contributed by atoms with Crippen LogP contribution in [0.25, 0.3) is 0 Å². The number of hydrogen-bond donors (Lipinski definition) is 1. The maximum Gasteiger partial charge on any atom is 0.241 e. The number of hydrogen-bond acceptors (Lipinski definition) is 3. The summed E-state index contributed by atoms with van der Waals surface area (Å²) in [6, 6.07) is 0. The normalized spacial score (nSPS) is 27.2. The summed E-state index contributed by atoms with van der Waals surface area (Å²) in [5, 5.41) is 2.98. The van der Waals surface area contributed by atoms with Crippen molar-refractivity contribution in [3.8, 4) is 0 Å². The van der Waals surface area contributed by atoms with Gasteiger partial charge in [-0.2, -0.15) is 0 Å². The van der Waals surface area contributed by atoms with Gasteiger partial charge in [0.15, 0.2) is 0 Å². The van der Waals surface area contributed by atoms with Gasteiger partial charge in [-0.25, -0.2) is 0 Å². The summed E-state index contributed by atoms with van der Waals surface area (Å²) < 4.78 is 0. The highest BCUT2D eigenvalue weighted by atomic mass is 16.2. The topological polar surface area (TPSA) is 35.6 Å². The number of carbonyl (C=O) groups is 1. The van der Waals surface area contributed by atoms with Crippen molar-refractivity contribution in [2.24, 2.45) is 0 Å². The molecule has 0 radical (unpaired) electrons. The van der Waals surface area contributed by atoms with E-state index in [4.69, 9.17) is 0 Å². The summed E-state index contributed by atoms with van der Waals surface area (Å²) in [4.78, 5) is 16.7. The zero-order valence-corrected chi connectivity index (χ0v) is 9.75. The van der Waals surface area contributed by atoms with Crippen LogP contribution in [0.1, 0.15) is 26.7 Å². The van der Waals surface area contributed by atoms with Crippen molar-refractivity contribution in [1.29, 1.82) is 0 Å². The first-order valence-corrected chi connectivity index (χ1v) is 5.98. The van der Waals surface area contributed by atoms with Crippen LogP contribution in [0, 0.1) is 0 Å². The molecule has 86 valence electrons. The molecule has 0 aromatic carbocycles. The molecule has 15 heavy (non-hydrogen) atoms. The minimum atomic E-state index is -0.180. The Balaban J connectivity index is 2.09. The van der Waals surface area contributed by atoms with E-state index in [1.165, 1.54) is 0 Å². The van der Waals surface area contributed by atoms with Crippen LogP contribution in [0.3, 0.4) is 0 Å². The average molecular weight is 211 g/mol. The van der Waals surface area contributed by atoms with Gasteiger partial charge >= 0.3 is 0 Å². The number of carbonyl (C=O) groups excluding carboxylic acids is 1. The smallest absolute Gasteiger partial charge is 0.241 e. The summed E-state index contributed by atoms with van der Waals surface area (Å²) in [5.74, 6) is 0.250. The molecule has 0 aromatic rings. The molecule has 4 nitrogen and oxygen atoms in total. The predicted octanol–water partition coefficient (Wildman–Crippen LogP) is 0.250. The molecule has 2 saturated heterocycles. The number of likely N-dealkylation sites (N-methyl/N-ethyl adjacent to an activating group) is 1. The second-order valence-corrected chi connectivity index (χ2v) is 4.49. The van der Waals surface area contributed by atoms with E-state index in [1.54, 1.807) is 0 Å². The van der Waals surface area contributed by atoms with Gasteiger partial charge in [-0.05, 0) is 25.9 Å². The average Bonchev–Trinajstić information content (AvgIpc) is 2.58. The number of amides is 1. The lowest BCUT2D eigenvalue weighted by Gasteiger charge is -2.41. The van der Waals surface area contributed by atoms with Gasteiger partial charge in [0.25, 0.3) is 0 Å². The quantitative estimate of drug-likeness (QED) is 0.711. The second kappa shape index (κ2) is 4.10. The van der Waals surface area contributed by atoms with Gasteiger partial charge in [0.05, 0.1) is 6.67 Å². The number of likely N-dealkylation sites (tertiary alicyclic amines) is 1. The molecule has 1 N–H and O–H groups in total. The Labute approximate surface area is 91.6 Å². The maximum atomic E-state index is 11.9. The Bertz CT molecular complexity index is 246. The van der Waals surface area contributed by atoms with Crippen molar-refractivity contribution in [1.82, 2.24) is 15.1 Å². The van der Waals surface area contributed by atoms with Crippen molar-refractivity contribution in [2.75, 3.05) is 32.8 Å². The third-order valence-corrected chi connectivity index (χ3v) is 3.97. The Morgan fingerprint density at radius 1 is 1.27 bits per heavy atom. The van der Waals surface area contributed by atoms with Crippen LogP contribution in [0.5, 0.6) is 0 Å². The van der Waals surface area contributed by atoms with Crippen LogP contribution in [-0.4, -0.2) is 54.1 Å². The van der Waals surface area contributed by atoms with E-state index in [1.807, 2.05) is 0 Å². The van der Waals surface area contributed by atoms with Gasteiger partial charge in [-0.3, -0.25) is 9.69 Å². The molecule has 0 bridgehead atoms. The summed E-state index contributed by atoms with van der Waals surface area (Å²) in [6.07, 6.45) is 1.97. The van der Waals surface area contributed by atoms with Crippen LogP contribution in [0.4, 0.5) is 0 Å². The van der Waals surface area contributed by atoms with E-state index in [9.17, 15) is 4.79 Å². The van der Waals surface area contributed by atoms with Gasteiger partial charge in [0.2, 0.25) is 5.91 Å². The van der Waals surface area contributed by atoms with Gasteiger partial charge < -0.3 is 10.2 Å². The molecular weight excluding hydrogens is 190 g/mol. The van der Waals surface area contributed by atoms with E-state index < -0.39 is 0 Å². The lowest BCUT2D eigenvalue weighted by atomic mass is 9.86. The van der Waals surface area contributed by atoms with Crippen LogP contribution in [0.2, 0.25) is 0 Å². The fourth-order valence-corrected chi connectivity index (χ4v) is 2.82. The number of rotatable bonds is 2. The molecule has 2 heterocycles. The monoisotopic (exact) mass is 211 g/mol. The molecule has 0 aromatic heterocycles. The lowest BCUT2D eigenvalue weighted by Crippen LogP contribution is -2.55. The Morgan fingerprint density at radius 3 is 2.47 bits per heavy atom. The molecule has 0 atom stereocenters. The fraction of sp³-hybridized carbons (Fsp3) is 0.909. The van der Waals surface area contributed by atoms with Crippen molar-refractivity contribution in [3.63, 3.8) is 0 Å². The first kappa shape index (κ1) is 10.9. The lowest BCUT2D eigenvalue weighted by molar-refractivity contribution is -0.129. The number of nitrogens with zero attached hydrogens (tertiary/aromatic N) is 2. The first-order chi connectivity index (χ1) is 7.23. The van der Waals surface area contributed by atoms with Crippen molar-refractivity contribution in [2.45, 2.75) is 32.2 Å². The summed E-state index contributed by atoms with van der Waals surface area (Å²) in [6.45, 7) is 9.23. The molecule has 2 aliphatic rings. The standard InChI is InChI=1S/C11H21N3O/c1-3-13-7-5-11(6-8-13)10(15)12-9-14(11)4-2/h3-9H2,1-2H3,(H,12,15). The molecule has 0 unspecified atom stereocenters. The summed E-state index contributed by atoms with van der Waals surface area (Å²) in [7, 11) is 0. The summed E-state index contributed by atoms with van der Waals surface area (Å²) >= 11 is 0. The van der Waals surface area contributed by atoms with E-state index in [0.717, 1.165) is 45.7 Å². The van der Waals surface area contributed by atoms with E-state index >= 15 is 0 Å². The van der Waals surface area contributed by atoms with Gasteiger partial charge in [-0.1, -0.05) is 13.8 Å². The minimum Gasteiger partial charge on any atom is -0.342 e. The molecule has 2 rings (SSSR count). The summed E-state index contributed by atoms with van der Waals surface area (Å²) in [5.41, 5.74) is -0.180. The third kappa shape index (κ3) is 1.66. The highest BCUT2D eigenvalue weighted by molar-refractivity contribution is 5.88.